The van der Waals surface area contributed by atoms with Crippen molar-refractivity contribution in [1.82, 2.24) is 0 Å². The molecule has 1 aromatic carbocycles. The normalized spacial score (nSPS) is 10.8. The van der Waals surface area contributed by atoms with Crippen LogP contribution in [0.15, 0.2) is 18.2 Å². The Balaban J connectivity index is 0. The predicted molar refractivity (Wildman–Crippen MR) is 78.7 cm³/mol. The SMILES string of the molecule is CCCCC(CC)COC(=O)c1ccc(C(=O)[O-])c(C(=O)[O-])c1.[Na+].[Na+]. The Bertz CT molecular complexity index is 589. The Labute approximate surface area is 191 Å². The van der Waals surface area contributed by atoms with Gasteiger partial charge in [-0.1, -0.05) is 39.2 Å². The van der Waals surface area contributed by atoms with Crippen molar-refractivity contribution in [3.8, 4) is 0 Å². The van der Waals surface area contributed by atoms with E-state index in [-0.39, 0.29) is 77.2 Å². The molecular formula is C17H20Na2O6. The van der Waals surface area contributed by atoms with Gasteiger partial charge in [-0.2, -0.15) is 0 Å². The molecule has 126 valence electrons. The van der Waals surface area contributed by atoms with Crippen molar-refractivity contribution in [2.75, 3.05) is 6.61 Å². The fraction of sp³-hybridized carbons (Fsp3) is 0.471. The van der Waals surface area contributed by atoms with Crippen molar-refractivity contribution in [2.24, 2.45) is 5.92 Å². The summed E-state index contributed by atoms with van der Waals surface area (Å²) in [6.07, 6.45) is 3.94. The molecule has 0 N–H and O–H groups in total. The number of carbonyl (C=O) groups excluding carboxylic acids is 3. The second kappa shape index (κ2) is 13.8. The molecule has 1 aromatic rings. The van der Waals surface area contributed by atoms with Crippen molar-refractivity contribution in [3.63, 3.8) is 0 Å². The van der Waals surface area contributed by atoms with Crippen LogP contribution in [0.4, 0.5) is 0 Å². The van der Waals surface area contributed by atoms with Gasteiger partial charge in [-0.15, -0.1) is 0 Å². The van der Waals surface area contributed by atoms with Gasteiger partial charge in [-0.25, -0.2) is 4.79 Å². The number of carboxylic acids is 2. The summed E-state index contributed by atoms with van der Waals surface area (Å²) in [6, 6.07) is 3.15. The molecule has 1 unspecified atom stereocenters. The molecule has 0 radical (unpaired) electrons. The number of esters is 1. The minimum absolute atomic E-state index is 0. The molecule has 1 rings (SSSR count). The molecule has 1 atom stereocenters. The van der Waals surface area contributed by atoms with Gasteiger partial charge in [0, 0.05) is 11.1 Å². The van der Waals surface area contributed by atoms with Crippen LogP contribution in [-0.4, -0.2) is 24.5 Å². The monoisotopic (exact) mass is 366 g/mol. The molecule has 0 aliphatic carbocycles. The molecule has 0 saturated heterocycles. The van der Waals surface area contributed by atoms with Gasteiger partial charge in [0.05, 0.1) is 24.1 Å². The Morgan fingerprint density at radius 1 is 1.04 bits per heavy atom. The van der Waals surface area contributed by atoms with Gasteiger partial charge < -0.3 is 24.5 Å². The van der Waals surface area contributed by atoms with Crippen LogP contribution < -0.4 is 69.3 Å². The average molecular weight is 366 g/mol. The fourth-order valence-electron chi connectivity index (χ4n) is 2.19. The summed E-state index contributed by atoms with van der Waals surface area (Å²) in [5.41, 5.74) is -1.16. The molecule has 0 fully saturated rings. The van der Waals surface area contributed by atoms with Crippen molar-refractivity contribution >= 4 is 17.9 Å². The number of hydrogen-bond donors (Lipinski definition) is 0. The zero-order chi connectivity index (χ0) is 17.4. The number of ether oxygens (including phenoxy) is 1. The summed E-state index contributed by atoms with van der Waals surface area (Å²) in [5.74, 6) is -3.77. The smallest absolute Gasteiger partial charge is 0.545 e. The molecule has 0 spiro atoms. The van der Waals surface area contributed by atoms with E-state index in [1.54, 1.807) is 0 Å². The first-order chi connectivity index (χ1) is 10.9. The Kier molecular flexibility index (Phi) is 14.8. The second-order valence-corrected chi connectivity index (χ2v) is 5.35. The zero-order valence-electron chi connectivity index (χ0n) is 15.3. The number of benzene rings is 1. The van der Waals surface area contributed by atoms with Crippen molar-refractivity contribution in [3.05, 3.63) is 34.9 Å². The molecule has 0 aliphatic rings. The van der Waals surface area contributed by atoms with Crippen LogP contribution in [0.5, 0.6) is 0 Å². The molecule has 0 bridgehead atoms. The summed E-state index contributed by atoms with van der Waals surface area (Å²) in [6.45, 7) is 4.34. The molecule has 0 aliphatic heterocycles. The van der Waals surface area contributed by atoms with Crippen LogP contribution in [0.3, 0.4) is 0 Å². The molecule has 25 heavy (non-hydrogen) atoms. The van der Waals surface area contributed by atoms with Gasteiger partial charge in [0.25, 0.3) is 0 Å². The van der Waals surface area contributed by atoms with Crippen LogP contribution in [0.2, 0.25) is 0 Å². The van der Waals surface area contributed by atoms with Crippen LogP contribution in [0, 0.1) is 5.92 Å². The van der Waals surface area contributed by atoms with E-state index in [1.165, 1.54) is 6.07 Å². The van der Waals surface area contributed by atoms with E-state index >= 15 is 0 Å². The molecule has 0 saturated carbocycles. The van der Waals surface area contributed by atoms with E-state index in [9.17, 15) is 24.6 Å². The van der Waals surface area contributed by atoms with E-state index in [4.69, 9.17) is 4.74 Å². The molecule has 6 nitrogen and oxygen atoms in total. The third-order valence-corrected chi connectivity index (χ3v) is 3.69. The Morgan fingerprint density at radius 2 is 1.64 bits per heavy atom. The van der Waals surface area contributed by atoms with E-state index in [0.29, 0.717) is 0 Å². The van der Waals surface area contributed by atoms with Gasteiger partial charge >= 0.3 is 65.1 Å². The third kappa shape index (κ3) is 8.71. The van der Waals surface area contributed by atoms with Crippen molar-refractivity contribution in [1.29, 1.82) is 0 Å². The second-order valence-electron chi connectivity index (χ2n) is 5.35. The minimum Gasteiger partial charge on any atom is -0.545 e. The Hall–Kier alpha value is -0.370. The zero-order valence-corrected chi connectivity index (χ0v) is 19.3. The van der Waals surface area contributed by atoms with E-state index in [0.717, 1.165) is 37.8 Å². The van der Waals surface area contributed by atoms with Crippen molar-refractivity contribution in [2.45, 2.75) is 39.5 Å². The van der Waals surface area contributed by atoms with Crippen LogP contribution in [-0.2, 0) is 4.74 Å². The largest absolute Gasteiger partial charge is 1.00 e. The topological polar surface area (TPSA) is 107 Å². The van der Waals surface area contributed by atoms with Gasteiger partial charge in [0.1, 0.15) is 0 Å². The number of carbonyl (C=O) groups is 3. The molecule has 0 heterocycles. The van der Waals surface area contributed by atoms with E-state index < -0.39 is 29.0 Å². The van der Waals surface area contributed by atoms with Gasteiger partial charge in [0.15, 0.2) is 0 Å². The van der Waals surface area contributed by atoms with Crippen LogP contribution in [0.1, 0.15) is 70.6 Å². The van der Waals surface area contributed by atoms with Gasteiger partial charge in [-0.05, 0) is 24.5 Å². The summed E-state index contributed by atoms with van der Waals surface area (Å²) < 4.78 is 5.20. The molecule has 8 heteroatoms. The van der Waals surface area contributed by atoms with Gasteiger partial charge in [0.2, 0.25) is 0 Å². The Morgan fingerprint density at radius 3 is 2.12 bits per heavy atom. The number of unbranched alkanes of at least 4 members (excludes halogenated alkanes) is 1. The van der Waals surface area contributed by atoms with Crippen LogP contribution >= 0.6 is 0 Å². The standard InChI is InChI=1S/C17H22O6.2Na/c1-3-5-6-11(4-2)10-23-17(22)12-7-8-13(15(18)19)14(9-12)16(20)21;;/h7-9,11H,3-6,10H2,1-2H3,(H,18,19)(H,20,21);;/q;2*+1/p-2. The number of hydrogen-bond acceptors (Lipinski definition) is 6. The van der Waals surface area contributed by atoms with Crippen LogP contribution in [0.25, 0.3) is 0 Å². The molecular weight excluding hydrogens is 346 g/mol. The predicted octanol–water partition coefficient (Wildman–Crippen LogP) is -5.21. The first-order valence-electron chi connectivity index (χ1n) is 7.64. The molecule has 0 aromatic heterocycles. The maximum absolute atomic E-state index is 12.0. The number of carboxylic acid groups (broad SMARTS) is 2. The maximum Gasteiger partial charge on any atom is 1.00 e. The number of rotatable bonds is 9. The van der Waals surface area contributed by atoms with Gasteiger partial charge in [-0.3, -0.25) is 0 Å². The minimum atomic E-state index is -1.69. The van der Waals surface area contributed by atoms with Crippen molar-refractivity contribution < 1.29 is 88.4 Å². The summed E-state index contributed by atoms with van der Waals surface area (Å²) in [7, 11) is 0. The summed E-state index contributed by atoms with van der Waals surface area (Å²) in [4.78, 5) is 33.8. The third-order valence-electron chi connectivity index (χ3n) is 3.69. The number of aromatic carboxylic acids is 2. The summed E-state index contributed by atoms with van der Waals surface area (Å²) >= 11 is 0. The molecule has 0 amide bonds. The summed E-state index contributed by atoms with van der Waals surface area (Å²) in [5, 5.41) is 21.8. The fourth-order valence-corrected chi connectivity index (χ4v) is 2.19. The first-order valence-corrected chi connectivity index (χ1v) is 7.64. The average Bonchev–Trinajstić information content (AvgIpc) is 2.54. The van der Waals surface area contributed by atoms with E-state index in [2.05, 4.69) is 6.92 Å². The maximum atomic E-state index is 12.0. The van der Waals surface area contributed by atoms with E-state index in [1.807, 2.05) is 6.92 Å². The first kappa shape index (κ1) is 26.9. The quantitative estimate of drug-likeness (QED) is 0.319.